The Kier molecular flexibility index (Phi) is 7.84. The molecule has 0 spiro atoms. The highest BCUT2D eigenvalue weighted by molar-refractivity contribution is 6.31. The SMILES string of the molecule is CCN(C(=O)C1CCCN(c2nc3c(c(=O)n(C)c(=O)n3C)n2Cc2c(F)cccc2Cl)C1)C1CCCCC1. The summed E-state index contributed by atoms with van der Waals surface area (Å²) in [5, 5.41) is 0.238. The lowest BCUT2D eigenvalue weighted by Crippen LogP contribution is -2.49. The molecule has 3 heterocycles. The van der Waals surface area contributed by atoms with Gasteiger partial charge >= 0.3 is 5.69 Å². The maximum absolute atomic E-state index is 14.9. The number of hydrogen-bond acceptors (Lipinski definition) is 5. The van der Waals surface area contributed by atoms with E-state index in [9.17, 15) is 18.8 Å². The van der Waals surface area contributed by atoms with E-state index in [1.807, 2.05) is 11.8 Å². The van der Waals surface area contributed by atoms with Gasteiger partial charge in [-0.15, -0.1) is 0 Å². The minimum atomic E-state index is -0.515. The van der Waals surface area contributed by atoms with Crippen molar-refractivity contribution >= 4 is 34.6 Å². The molecule has 1 atom stereocenters. The van der Waals surface area contributed by atoms with Gasteiger partial charge in [-0.2, -0.15) is 4.98 Å². The summed E-state index contributed by atoms with van der Waals surface area (Å²) in [6.45, 7) is 3.75. The molecule has 1 aliphatic carbocycles. The molecule has 1 saturated carbocycles. The second kappa shape index (κ2) is 11.2. The van der Waals surface area contributed by atoms with Crippen molar-refractivity contribution in [2.45, 2.75) is 64.5 Å². The predicted octanol–water partition coefficient (Wildman–Crippen LogP) is 3.67. The molecule has 2 aliphatic rings. The topological polar surface area (TPSA) is 85.4 Å². The van der Waals surface area contributed by atoms with E-state index in [1.54, 1.807) is 17.7 Å². The first-order valence-corrected chi connectivity index (χ1v) is 14.2. The highest BCUT2D eigenvalue weighted by Gasteiger charge is 2.34. The zero-order valence-corrected chi connectivity index (χ0v) is 23.6. The molecule has 1 amide bonds. The van der Waals surface area contributed by atoms with E-state index in [-0.39, 0.29) is 46.2 Å². The van der Waals surface area contributed by atoms with Crippen LogP contribution in [0.1, 0.15) is 57.4 Å². The maximum Gasteiger partial charge on any atom is 0.332 e. The molecule has 39 heavy (non-hydrogen) atoms. The lowest BCUT2D eigenvalue weighted by atomic mass is 9.91. The van der Waals surface area contributed by atoms with Crippen molar-refractivity contribution in [1.29, 1.82) is 0 Å². The third kappa shape index (κ3) is 4.99. The summed E-state index contributed by atoms with van der Waals surface area (Å²) in [6, 6.07) is 4.75. The summed E-state index contributed by atoms with van der Waals surface area (Å²) in [4.78, 5) is 48.6. The number of fused-ring (bicyclic) bond motifs is 1. The van der Waals surface area contributed by atoms with Crippen molar-refractivity contribution < 1.29 is 9.18 Å². The number of aryl methyl sites for hydroxylation is 1. The average molecular weight is 559 g/mol. The van der Waals surface area contributed by atoms with Crippen LogP contribution >= 0.6 is 11.6 Å². The molecule has 0 radical (unpaired) electrons. The summed E-state index contributed by atoms with van der Waals surface area (Å²) in [6.07, 6.45) is 7.18. The number of amides is 1. The molecular weight excluding hydrogens is 523 g/mol. The molecule has 0 bridgehead atoms. The summed E-state index contributed by atoms with van der Waals surface area (Å²) in [5.41, 5.74) is -0.366. The van der Waals surface area contributed by atoms with Gasteiger partial charge in [0.1, 0.15) is 5.82 Å². The van der Waals surface area contributed by atoms with Gasteiger partial charge in [0, 0.05) is 50.4 Å². The fourth-order valence-corrected chi connectivity index (χ4v) is 6.47. The van der Waals surface area contributed by atoms with E-state index in [0.29, 0.717) is 25.6 Å². The van der Waals surface area contributed by atoms with E-state index < -0.39 is 17.1 Å². The number of anilines is 1. The zero-order valence-electron chi connectivity index (χ0n) is 22.8. The number of carbonyl (C=O) groups excluding carboxylic acids is 1. The second-order valence-corrected chi connectivity index (χ2v) is 11.2. The van der Waals surface area contributed by atoms with E-state index in [2.05, 4.69) is 4.90 Å². The number of carbonyl (C=O) groups is 1. The van der Waals surface area contributed by atoms with Gasteiger partial charge in [0.2, 0.25) is 11.9 Å². The number of hydrogen-bond donors (Lipinski definition) is 0. The van der Waals surface area contributed by atoms with E-state index in [4.69, 9.17) is 16.6 Å². The molecule has 2 aromatic heterocycles. The molecular formula is C28H36ClFN6O3. The monoisotopic (exact) mass is 558 g/mol. The maximum atomic E-state index is 14.9. The Morgan fingerprint density at radius 2 is 1.85 bits per heavy atom. The number of imidazole rings is 1. The summed E-state index contributed by atoms with van der Waals surface area (Å²) >= 11 is 6.38. The van der Waals surface area contributed by atoms with Crippen molar-refractivity contribution in [3.05, 3.63) is 55.4 Å². The van der Waals surface area contributed by atoms with Crippen LogP contribution in [0.5, 0.6) is 0 Å². The Morgan fingerprint density at radius 3 is 2.54 bits per heavy atom. The first-order chi connectivity index (χ1) is 18.7. The number of nitrogens with zero attached hydrogens (tertiary/aromatic N) is 6. The van der Waals surface area contributed by atoms with Crippen LogP contribution in [0.2, 0.25) is 5.02 Å². The first kappa shape index (κ1) is 27.4. The van der Waals surface area contributed by atoms with Crippen molar-refractivity contribution in [3.63, 3.8) is 0 Å². The molecule has 1 aliphatic heterocycles. The van der Waals surface area contributed by atoms with Crippen molar-refractivity contribution in [2.75, 3.05) is 24.5 Å². The standard InChI is InChI=1S/C28H36ClFN6O3/c1-4-35(19-11-6-5-7-12-19)25(37)18-10-9-15-34(16-18)27-31-24-23(26(38)33(3)28(39)32(24)2)36(27)17-20-21(29)13-8-14-22(20)30/h8,13-14,18-19H,4-7,9-12,15-17H2,1-3H3. The van der Waals surface area contributed by atoms with Gasteiger partial charge in [0.25, 0.3) is 5.56 Å². The van der Waals surface area contributed by atoms with Gasteiger partial charge in [0.15, 0.2) is 11.2 Å². The molecule has 5 rings (SSSR count). The molecule has 2 fully saturated rings. The van der Waals surface area contributed by atoms with Crippen LogP contribution in [-0.4, -0.2) is 55.2 Å². The van der Waals surface area contributed by atoms with Crippen LogP contribution in [0.4, 0.5) is 10.3 Å². The predicted molar refractivity (Wildman–Crippen MR) is 150 cm³/mol. The van der Waals surface area contributed by atoms with Crippen molar-refractivity contribution in [3.8, 4) is 0 Å². The van der Waals surface area contributed by atoms with Gasteiger partial charge in [-0.1, -0.05) is 36.9 Å². The first-order valence-electron chi connectivity index (χ1n) is 13.9. The van der Waals surface area contributed by atoms with Crippen molar-refractivity contribution in [2.24, 2.45) is 20.0 Å². The Balaban J connectivity index is 1.56. The molecule has 0 N–H and O–H groups in total. The lowest BCUT2D eigenvalue weighted by molar-refractivity contribution is -0.138. The number of halogens is 2. The summed E-state index contributed by atoms with van der Waals surface area (Å²) in [7, 11) is 2.98. The highest BCUT2D eigenvalue weighted by atomic mass is 35.5. The zero-order chi connectivity index (χ0) is 27.8. The minimum Gasteiger partial charge on any atom is -0.341 e. The second-order valence-electron chi connectivity index (χ2n) is 10.8. The van der Waals surface area contributed by atoms with E-state index in [1.165, 1.54) is 30.2 Å². The van der Waals surface area contributed by atoms with E-state index in [0.717, 1.165) is 43.1 Å². The van der Waals surface area contributed by atoms with E-state index >= 15 is 0 Å². The Bertz CT molecular complexity index is 1490. The fraction of sp³-hybridized carbons (Fsp3) is 0.571. The number of aromatic nitrogens is 4. The molecule has 210 valence electrons. The summed E-state index contributed by atoms with van der Waals surface area (Å²) in [5.74, 6) is -0.106. The normalized spacial score (nSPS) is 18.6. The van der Waals surface area contributed by atoms with Gasteiger partial charge < -0.3 is 9.80 Å². The Morgan fingerprint density at radius 1 is 1.10 bits per heavy atom. The molecule has 1 unspecified atom stereocenters. The fourth-order valence-electron chi connectivity index (χ4n) is 6.25. The van der Waals surface area contributed by atoms with Gasteiger partial charge in [-0.25, -0.2) is 9.18 Å². The number of piperidine rings is 1. The molecule has 11 heteroatoms. The average Bonchev–Trinajstić information content (AvgIpc) is 3.33. The highest BCUT2D eigenvalue weighted by Crippen LogP contribution is 2.31. The van der Waals surface area contributed by atoms with Crippen molar-refractivity contribution in [1.82, 2.24) is 23.6 Å². The van der Waals surface area contributed by atoms with Crippen LogP contribution in [0.3, 0.4) is 0 Å². The smallest absolute Gasteiger partial charge is 0.332 e. The number of rotatable bonds is 6. The Labute approximate surface area is 231 Å². The van der Waals surface area contributed by atoms with Crippen LogP contribution < -0.4 is 16.1 Å². The molecule has 9 nitrogen and oxygen atoms in total. The lowest BCUT2D eigenvalue weighted by Gasteiger charge is -2.39. The number of benzene rings is 1. The summed E-state index contributed by atoms with van der Waals surface area (Å²) < 4.78 is 18.9. The van der Waals surface area contributed by atoms with Gasteiger partial charge in [0.05, 0.1) is 12.5 Å². The largest absolute Gasteiger partial charge is 0.341 e. The van der Waals surface area contributed by atoms with Crippen LogP contribution in [0.25, 0.3) is 11.2 Å². The minimum absolute atomic E-state index is 0.0386. The quantitative estimate of drug-likeness (QED) is 0.461. The van der Waals surface area contributed by atoms with Crippen LogP contribution in [0, 0.1) is 11.7 Å². The van der Waals surface area contributed by atoms with Crippen LogP contribution in [-0.2, 0) is 25.4 Å². The van der Waals surface area contributed by atoms with Crippen LogP contribution in [0.15, 0.2) is 27.8 Å². The molecule has 1 aromatic carbocycles. The third-order valence-electron chi connectivity index (χ3n) is 8.40. The molecule has 1 saturated heterocycles. The van der Waals surface area contributed by atoms with Gasteiger partial charge in [-0.05, 0) is 44.7 Å². The third-order valence-corrected chi connectivity index (χ3v) is 8.75. The van der Waals surface area contributed by atoms with Gasteiger partial charge in [-0.3, -0.25) is 23.3 Å². The Hall–Kier alpha value is -3.14. The molecule has 3 aromatic rings.